The van der Waals surface area contributed by atoms with Crippen molar-refractivity contribution in [3.63, 3.8) is 0 Å². The van der Waals surface area contributed by atoms with Crippen LogP contribution < -0.4 is 0 Å². The highest BCUT2D eigenvalue weighted by Crippen LogP contribution is 2.14. The molecular formula is C22H42O5S. The first-order valence-corrected chi connectivity index (χ1v) is 12.7. The first-order valence-electron chi connectivity index (χ1n) is 11.2. The van der Waals surface area contributed by atoms with E-state index in [-0.39, 0.29) is 6.42 Å². The third-order valence-electron chi connectivity index (χ3n) is 5.11. The zero-order valence-corrected chi connectivity index (χ0v) is 18.6. The Morgan fingerprint density at radius 2 is 1.14 bits per heavy atom. The highest BCUT2D eigenvalue weighted by Gasteiger charge is 2.29. The number of hydrogen-bond acceptors (Lipinski definition) is 3. The molecule has 0 aromatic rings. The fourth-order valence-electron chi connectivity index (χ4n) is 3.33. The van der Waals surface area contributed by atoms with Crippen LogP contribution in [0.3, 0.4) is 0 Å². The summed E-state index contributed by atoms with van der Waals surface area (Å²) in [5, 5.41) is 7.13. The van der Waals surface area contributed by atoms with Crippen LogP contribution in [0, 0.1) is 0 Å². The monoisotopic (exact) mass is 418 g/mol. The number of aliphatic carboxylic acids is 1. The first-order chi connectivity index (χ1) is 13.4. The molecule has 0 aliphatic carbocycles. The smallest absolute Gasteiger partial charge is 0.324 e. The molecule has 0 rings (SSSR count). The molecule has 6 heteroatoms. The summed E-state index contributed by atoms with van der Waals surface area (Å²) in [4.78, 5) is 10.8. The molecule has 0 aromatic heterocycles. The van der Waals surface area contributed by atoms with Gasteiger partial charge in [0, 0.05) is 0 Å². The van der Waals surface area contributed by atoms with Gasteiger partial charge in [0.2, 0.25) is 0 Å². The number of carboxylic acid groups (broad SMARTS) is 1. The number of carboxylic acids is 1. The van der Waals surface area contributed by atoms with Gasteiger partial charge in [-0.2, -0.15) is 8.42 Å². The van der Waals surface area contributed by atoms with Gasteiger partial charge in [0.25, 0.3) is 10.1 Å². The molecule has 0 amide bonds. The summed E-state index contributed by atoms with van der Waals surface area (Å²) in [6, 6.07) is 0. The summed E-state index contributed by atoms with van der Waals surface area (Å²) in [6.07, 6.45) is 23.4. The summed E-state index contributed by atoms with van der Waals surface area (Å²) < 4.78 is 30.8. The predicted molar refractivity (Wildman–Crippen MR) is 116 cm³/mol. The molecule has 166 valence electrons. The maximum absolute atomic E-state index is 11.0. The predicted octanol–water partition coefficient (Wildman–Crippen LogP) is 6.54. The van der Waals surface area contributed by atoms with E-state index in [0.717, 1.165) is 19.3 Å². The second kappa shape index (κ2) is 18.2. The SMILES string of the molecule is CCCCCCCCC=CCCCCCCCCCCC(C(=O)O)S(=O)(=O)O. The van der Waals surface area contributed by atoms with E-state index < -0.39 is 21.3 Å². The molecule has 0 bridgehead atoms. The van der Waals surface area contributed by atoms with Crippen LogP contribution in [0.5, 0.6) is 0 Å². The van der Waals surface area contributed by atoms with Crippen LogP contribution in [0.4, 0.5) is 0 Å². The maximum atomic E-state index is 11.0. The summed E-state index contributed by atoms with van der Waals surface area (Å²) in [5.74, 6) is -1.47. The Kier molecular flexibility index (Phi) is 17.6. The van der Waals surface area contributed by atoms with Crippen molar-refractivity contribution in [1.82, 2.24) is 0 Å². The van der Waals surface area contributed by atoms with E-state index >= 15 is 0 Å². The summed E-state index contributed by atoms with van der Waals surface area (Å²) in [6.45, 7) is 2.25. The summed E-state index contributed by atoms with van der Waals surface area (Å²) >= 11 is 0. The third-order valence-corrected chi connectivity index (χ3v) is 6.27. The molecule has 1 atom stereocenters. The van der Waals surface area contributed by atoms with E-state index in [1.165, 1.54) is 77.0 Å². The van der Waals surface area contributed by atoms with Crippen LogP contribution >= 0.6 is 0 Å². The highest BCUT2D eigenvalue weighted by atomic mass is 32.2. The third kappa shape index (κ3) is 17.2. The zero-order chi connectivity index (χ0) is 21.1. The van der Waals surface area contributed by atoms with Crippen molar-refractivity contribution in [2.24, 2.45) is 0 Å². The van der Waals surface area contributed by atoms with Crippen molar-refractivity contribution >= 4 is 16.1 Å². The fraction of sp³-hybridized carbons (Fsp3) is 0.864. The molecule has 0 aliphatic heterocycles. The molecule has 0 fully saturated rings. The van der Waals surface area contributed by atoms with Gasteiger partial charge >= 0.3 is 5.97 Å². The van der Waals surface area contributed by atoms with Crippen molar-refractivity contribution < 1.29 is 22.9 Å². The molecule has 0 saturated heterocycles. The van der Waals surface area contributed by atoms with Gasteiger partial charge in [-0.05, 0) is 32.1 Å². The second-order valence-corrected chi connectivity index (χ2v) is 9.37. The van der Waals surface area contributed by atoms with Gasteiger partial charge in [-0.25, -0.2) is 0 Å². The van der Waals surface area contributed by atoms with Gasteiger partial charge in [0.1, 0.15) is 0 Å². The summed E-state index contributed by atoms with van der Waals surface area (Å²) in [5.41, 5.74) is 0. The lowest BCUT2D eigenvalue weighted by atomic mass is 10.1. The molecule has 5 nitrogen and oxygen atoms in total. The number of carbonyl (C=O) groups is 1. The second-order valence-electron chi connectivity index (χ2n) is 7.78. The Labute approximate surface area is 172 Å². The van der Waals surface area contributed by atoms with E-state index in [4.69, 9.17) is 9.66 Å². The van der Waals surface area contributed by atoms with Crippen molar-refractivity contribution in [3.8, 4) is 0 Å². The van der Waals surface area contributed by atoms with Gasteiger partial charge < -0.3 is 5.11 Å². The van der Waals surface area contributed by atoms with E-state index in [1.54, 1.807) is 0 Å². The Balaban J connectivity index is 3.38. The quantitative estimate of drug-likeness (QED) is 0.133. The van der Waals surface area contributed by atoms with Crippen LogP contribution in [0.25, 0.3) is 0 Å². The lowest BCUT2D eigenvalue weighted by Gasteiger charge is -2.08. The van der Waals surface area contributed by atoms with E-state index in [9.17, 15) is 13.2 Å². The zero-order valence-electron chi connectivity index (χ0n) is 17.8. The molecule has 0 saturated carbocycles. The van der Waals surface area contributed by atoms with Crippen LogP contribution in [0.2, 0.25) is 0 Å². The van der Waals surface area contributed by atoms with Crippen LogP contribution in [0.15, 0.2) is 12.2 Å². The van der Waals surface area contributed by atoms with Crippen LogP contribution in [0.1, 0.15) is 116 Å². The average molecular weight is 419 g/mol. The number of rotatable bonds is 20. The van der Waals surface area contributed by atoms with Gasteiger partial charge in [0.15, 0.2) is 5.25 Å². The highest BCUT2D eigenvalue weighted by molar-refractivity contribution is 7.87. The molecule has 0 aliphatic rings. The van der Waals surface area contributed by atoms with Gasteiger partial charge in [0.05, 0.1) is 0 Å². The number of allylic oxidation sites excluding steroid dienone is 2. The van der Waals surface area contributed by atoms with Crippen molar-refractivity contribution in [1.29, 1.82) is 0 Å². The average Bonchev–Trinajstić information content (AvgIpc) is 2.62. The Morgan fingerprint density at radius 1 is 0.750 bits per heavy atom. The van der Waals surface area contributed by atoms with Crippen molar-refractivity contribution in [2.75, 3.05) is 0 Å². The van der Waals surface area contributed by atoms with Crippen molar-refractivity contribution in [2.45, 2.75) is 121 Å². The van der Waals surface area contributed by atoms with Crippen LogP contribution in [-0.2, 0) is 14.9 Å². The van der Waals surface area contributed by atoms with Crippen LogP contribution in [-0.4, -0.2) is 29.3 Å². The molecule has 0 aromatic carbocycles. The lowest BCUT2D eigenvalue weighted by molar-refractivity contribution is -0.136. The maximum Gasteiger partial charge on any atom is 0.324 e. The Hall–Kier alpha value is -0.880. The standard InChI is InChI=1S/C22H42O5S/c1-2-3-4-5-6-7-8-9-10-11-12-13-14-15-16-17-18-19-20-21(22(23)24)28(25,26)27/h9-10,21H,2-8,11-20H2,1H3,(H,23,24)(H,25,26,27). The van der Waals surface area contributed by atoms with E-state index in [0.29, 0.717) is 6.42 Å². The molecule has 28 heavy (non-hydrogen) atoms. The minimum atomic E-state index is -4.49. The molecular weight excluding hydrogens is 376 g/mol. The Bertz CT molecular complexity index is 499. The first kappa shape index (κ1) is 27.1. The fourth-order valence-corrected chi connectivity index (χ4v) is 4.05. The normalized spacial score (nSPS) is 13.2. The number of unbranched alkanes of at least 4 members (excludes halogenated alkanes) is 14. The molecule has 0 spiro atoms. The lowest BCUT2D eigenvalue weighted by Crippen LogP contribution is -2.29. The van der Waals surface area contributed by atoms with E-state index in [2.05, 4.69) is 19.1 Å². The molecule has 1 unspecified atom stereocenters. The Morgan fingerprint density at radius 3 is 1.54 bits per heavy atom. The largest absolute Gasteiger partial charge is 0.480 e. The molecule has 2 N–H and O–H groups in total. The number of hydrogen-bond donors (Lipinski definition) is 2. The minimum Gasteiger partial charge on any atom is -0.480 e. The van der Waals surface area contributed by atoms with Crippen molar-refractivity contribution in [3.05, 3.63) is 12.2 Å². The van der Waals surface area contributed by atoms with Gasteiger partial charge in [-0.3, -0.25) is 9.35 Å². The van der Waals surface area contributed by atoms with E-state index in [1.807, 2.05) is 0 Å². The molecule has 0 heterocycles. The van der Waals surface area contributed by atoms with Gasteiger partial charge in [-0.15, -0.1) is 0 Å². The molecule has 0 radical (unpaired) electrons. The summed E-state index contributed by atoms with van der Waals surface area (Å²) in [7, 11) is -4.49. The minimum absolute atomic E-state index is 0.0146. The topological polar surface area (TPSA) is 91.7 Å². The van der Waals surface area contributed by atoms with Gasteiger partial charge in [-0.1, -0.05) is 96.1 Å².